The van der Waals surface area contributed by atoms with Gasteiger partial charge in [-0.25, -0.2) is 0 Å². The molecule has 0 bridgehead atoms. The molecule has 0 spiro atoms. The molecule has 1 saturated heterocycles. The second-order valence-electron chi connectivity index (χ2n) is 6.02. The van der Waals surface area contributed by atoms with Crippen LogP contribution in [0, 0.1) is 0 Å². The van der Waals surface area contributed by atoms with Crippen molar-refractivity contribution in [3.63, 3.8) is 0 Å². The Morgan fingerprint density at radius 1 is 0.700 bits per heavy atom. The molecule has 0 aliphatic carbocycles. The zero-order valence-electron chi connectivity index (χ0n) is 13.4. The first-order valence-electron chi connectivity index (χ1n) is 7.80. The van der Waals surface area contributed by atoms with Crippen molar-refractivity contribution in [1.82, 2.24) is 0 Å². The van der Waals surface area contributed by atoms with Gasteiger partial charge in [0.25, 0.3) is 0 Å². The summed E-state index contributed by atoms with van der Waals surface area (Å²) >= 11 is 0. The summed E-state index contributed by atoms with van der Waals surface area (Å²) in [5, 5.41) is 0. The number of quaternary nitrogens is 2. The number of piperazine rings is 1. The number of rotatable bonds is 8. The second-order valence-corrected chi connectivity index (χ2v) is 6.02. The van der Waals surface area contributed by atoms with Crippen molar-refractivity contribution in [2.24, 2.45) is 0 Å². The summed E-state index contributed by atoms with van der Waals surface area (Å²) in [4.78, 5) is 0. The van der Waals surface area contributed by atoms with Crippen molar-refractivity contribution in [3.8, 4) is 0 Å². The van der Waals surface area contributed by atoms with Gasteiger partial charge in [0.05, 0.1) is 26.2 Å². The van der Waals surface area contributed by atoms with E-state index in [0.29, 0.717) is 0 Å². The van der Waals surface area contributed by atoms with Gasteiger partial charge in [0.15, 0.2) is 0 Å². The third-order valence-corrected chi connectivity index (χ3v) is 4.59. The molecule has 0 unspecified atom stereocenters. The molecule has 1 aliphatic rings. The summed E-state index contributed by atoms with van der Waals surface area (Å²) in [6.07, 6.45) is 13.1. The van der Waals surface area contributed by atoms with Gasteiger partial charge in [0.2, 0.25) is 0 Å². The molecule has 0 amide bonds. The Kier molecular flexibility index (Phi) is 6.97. The number of nitrogens with zero attached hydrogens (tertiary/aromatic N) is 2. The van der Waals surface area contributed by atoms with Crippen molar-refractivity contribution in [2.75, 3.05) is 52.4 Å². The zero-order valence-corrected chi connectivity index (χ0v) is 13.4. The van der Waals surface area contributed by atoms with Crippen LogP contribution in [0.15, 0.2) is 49.6 Å². The topological polar surface area (TPSA) is 0 Å². The van der Waals surface area contributed by atoms with Crippen LogP contribution in [-0.4, -0.2) is 61.3 Å². The molecule has 1 fully saturated rings. The third kappa shape index (κ3) is 4.46. The highest BCUT2D eigenvalue weighted by Crippen LogP contribution is 2.20. The van der Waals surface area contributed by atoms with Gasteiger partial charge in [-0.3, -0.25) is 0 Å². The van der Waals surface area contributed by atoms with E-state index in [1.165, 1.54) is 35.1 Å². The lowest BCUT2D eigenvalue weighted by Gasteiger charge is -2.48. The third-order valence-electron chi connectivity index (χ3n) is 4.59. The summed E-state index contributed by atoms with van der Waals surface area (Å²) in [6, 6.07) is 0. The Hall–Kier alpha value is -1.12. The first-order chi connectivity index (χ1) is 9.66. The summed E-state index contributed by atoms with van der Waals surface area (Å²) in [7, 11) is 0. The standard InChI is InChI=1S/C18H32N2/c1-5-9-13-19(11-7-3)15-17-20(12-8-4,18-16-19)14-10-6-2/h5-10H,3-4,11-18H2,1-2H3/q+2. The first kappa shape index (κ1) is 16.9. The van der Waals surface area contributed by atoms with Gasteiger partial charge in [-0.05, 0) is 38.2 Å². The van der Waals surface area contributed by atoms with Crippen LogP contribution < -0.4 is 0 Å². The van der Waals surface area contributed by atoms with E-state index in [1.54, 1.807) is 0 Å². The minimum Gasteiger partial charge on any atom is -0.308 e. The predicted molar refractivity (Wildman–Crippen MR) is 89.5 cm³/mol. The Labute approximate surface area is 125 Å². The van der Waals surface area contributed by atoms with E-state index in [9.17, 15) is 0 Å². The molecule has 0 atom stereocenters. The molecule has 2 heteroatoms. The summed E-state index contributed by atoms with van der Waals surface area (Å²) in [5.74, 6) is 0. The lowest BCUT2D eigenvalue weighted by Crippen LogP contribution is -2.67. The molecule has 112 valence electrons. The fraction of sp³-hybridized carbons (Fsp3) is 0.556. The fourth-order valence-electron chi connectivity index (χ4n) is 3.16. The van der Waals surface area contributed by atoms with E-state index in [4.69, 9.17) is 0 Å². The average Bonchev–Trinajstić information content (AvgIpc) is 2.47. The molecule has 1 aliphatic heterocycles. The van der Waals surface area contributed by atoms with Crippen LogP contribution in [0.4, 0.5) is 0 Å². The molecule has 20 heavy (non-hydrogen) atoms. The van der Waals surface area contributed by atoms with Crippen LogP contribution in [0.25, 0.3) is 0 Å². The molecule has 0 aromatic rings. The highest BCUT2D eigenvalue weighted by atomic mass is 15.5. The lowest BCUT2D eigenvalue weighted by atomic mass is 10.1. The van der Waals surface area contributed by atoms with Gasteiger partial charge in [-0.2, -0.15) is 0 Å². The lowest BCUT2D eigenvalue weighted by molar-refractivity contribution is -1.02. The van der Waals surface area contributed by atoms with Crippen molar-refractivity contribution in [1.29, 1.82) is 0 Å². The largest absolute Gasteiger partial charge is 0.308 e. The predicted octanol–water partition coefficient (Wildman–Crippen LogP) is 3.16. The van der Waals surface area contributed by atoms with Crippen molar-refractivity contribution in [3.05, 3.63) is 49.6 Å². The molecule has 1 heterocycles. The Morgan fingerprint density at radius 2 is 1.05 bits per heavy atom. The maximum atomic E-state index is 3.96. The van der Waals surface area contributed by atoms with Gasteiger partial charge >= 0.3 is 0 Å². The van der Waals surface area contributed by atoms with Gasteiger partial charge in [-0.15, -0.1) is 0 Å². The molecular formula is C18H32N2+2. The van der Waals surface area contributed by atoms with E-state index in [1.807, 2.05) is 0 Å². The Balaban J connectivity index is 2.77. The summed E-state index contributed by atoms with van der Waals surface area (Å²) in [6.45, 7) is 21.5. The number of hydrogen-bond donors (Lipinski definition) is 0. The van der Waals surface area contributed by atoms with Crippen molar-refractivity contribution in [2.45, 2.75) is 13.8 Å². The Bertz CT molecular complexity index is 322. The molecule has 0 N–H and O–H groups in total. The highest BCUT2D eigenvalue weighted by Gasteiger charge is 2.39. The van der Waals surface area contributed by atoms with Crippen molar-refractivity contribution >= 4 is 0 Å². The molecule has 0 saturated carbocycles. The van der Waals surface area contributed by atoms with E-state index in [0.717, 1.165) is 26.2 Å². The SMILES string of the molecule is C=CC[N+]1(CC=CC)CC[N+](CC=C)(CC=CC)CC1. The minimum atomic E-state index is 1.09. The highest BCUT2D eigenvalue weighted by molar-refractivity contribution is 4.82. The summed E-state index contributed by atoms with van der Waals surface area (Å²) in [5.41, 5.74) is 0. The fourth-order valence-corrected chi connectivity index (χ4v) is 3.16. The van der Waals surface area contributed by atoms with Crippen LogP contribution in [0.1, 0.15) is 13.8 Å². The van der Waals surface area contributed by atoms with Crippen LogP contribution in [-0.2, 0) is 0 Å². The van der Waals surface area contributed by atoms with Gasteiger partial charge in [-0.1, -0.05) is 25.3 Å². The van der Waals surface area contributed by atoms with Crippen molar-refractivity contribution < 1.29 is 8.97 Å². The van der Waals surface area contributed by atoms with E-state index in [2.05, 4.69) is 63.5 Å². The van der Waals surface area contributed by atoms with Crippen LogP contribution >= 0.6 is 0 Å². The van der Waals surface area contributed by atoms with Crippen LogP contribution in [0.3, 0.4) is 0 Å². The molecule has 0 aromatic carbocycles. The van der Waals surface area contributed by atoms with Crippen LogP contribution in [0.2, 0.25) is 0 Å². The molecule has 0 aromatic heterocycles. The number of hydrogen-bond acceptors (Lipinski definition) is 0. The monoisotopic (exact) mass is 276 g/mol. The van der Waals surface area contributed by atoms with E-state index < -0.39 is 0 Å². The van der Waals surface area contributed by atoms with Gasteiger partial charge < -0.3 is 8.97 Å². The molecular weight excluding hydrogens is 244 g/mol. The molecule has 1 rings (SSSR count). The maximum Gasteiger partial charge on any atom is 0.129 e. The average molecular weight is 276 g/mol. The van der Waals surface area contributed by atoms with E-state index >= 15 is 0 Å². The van der Waals surface area contributed by atoms with Gasteiger partial charge in [0, 0.05) is 0 Å². The smallest absolute Gasteiger partial charge is 0.129 e. The van der Waals surface area contributed by atoms with Gasteiger partial charge in [0.1, 0.15) is 26.2 Å². The second kappa shape index (κ2) is 8.23. The minimum absolute atomic E-state index is 1.09. The first-order valence-corrected chi connectivity index (χ1v) is 7.80. The molecule has 0 radical (unpaired) electrons. The molecule has 2 nitrogen and oxygen atoms in total. The quantitative estimate of drug-likeness (QED) is 0.472. The maximum absolute atomic E-state index is 3.96. The van der Waals surface area contributed by atoms with E-state index in [-0.39, 0.29) is 0 Å². The summed E-state index contributed by atoms with van der Waals surface area (Å²) < 4.78 is 2.33. The number of allylic oxidation sites excluding steroid dienone is 2. The normalized spacial score (nSPS) is 30.9. The Morgan fingerprint density at radius 3 is 1.30 bits per heavy atom. The van der Waals surface area contributed by atoms with Crippen LogP contribution in [0.5, 0.6) is 0 Å². The zero-order chi connectivity index (χ0) is 14.9.